The fourth-order valence-corrected chi connectivity index (χ4v) is 3.33. The molecule has 0 aliphatic heterocycles. The Kier molecular flexibility index (Phi) is 5.98. The van der Waals surface area contributed by atoms with E-state index in [0.717, 1.165) is 28.9 Å². The molecule has 0 bridgehead atoms. The first-order valence-corrected chi connectivity index (χ1v) is 7.22. The Morgan fingerprint density at radius 1 is 1.21 bits per heavy atom. The van der Waals surface area contributed by atoms with Crippen LogP contribution >= 0.6 is 23.7 Å². The largest absolute Gasteiger partial charge is 0.296 e. The number of benzene rings is 1. The van der Waals surface area contributed by atoms with Crippen molar-refractivity contribution in [1.29, 1.82) is 0 Å². The van der Waals surface area contributed by atoms with Gasteiger partial charge in [-0.25, -0.2) is 0 Å². The van der Waals surface area contributed by atoms with E-state index in [1.165, 1.54) is 4.70 Å². The first-order valence-electron chi connectivity index (χ1n) is 6.41. The summed E-state index contributed by atoms with van der Waals surface area (Å²) in [5.74, 6) is 0.244. The van der Waals surface area contributed by atoms with Gasteiger partial charge in [0.1, 0.15) is 0 Å². The summed E-state index contributed by atoms with van der Waals surface area (Å²) in [7, 11) is 0. The number of thiophene rings is 1. The van der Waals surface area contributed by atoms with Crippen LogP contribution in [0.4, 0.5) is 0 Å². The van der Waals surface area contributed by atoms with Gasteiger partial charge in [0.05, 0.1) is 6.54 Å². The van der Waals surface area contributed by atoms with Crippen LogP contribution in [0.15, 0.2) is 24.3 Å². The predicted octanol–water partition coefficient (Wildman–Crippen LogP) is 4.16. The Bertz CT molecular complexity index is 560. The van der Waals surface area contributed by atoms with Crippen LogP contribution in [0.2, 0.25) is 0 Å². The summed E-state index contributed by atoms with van der Waals surface area (Å²) in [6.45, 7) is 8.59. The van der Waals surface area contributed by atoms with Crippen molar-refractivity contribution in [2.45, 2.75) is 20.8 Å². The van der Waals surface area contributed by atoms with Crippen molar-refractivity contribution in [3.63, 3.8) is 0 Å². The van der Waals surface area contributed by atoms with Crippen molar-refractivity contribution in [2.75, 3.05) is 19.6 Å². The first kappa shape index (κ1) is 16.2. The lowest BCUT2D eigenvalue weighted by Crippen LogP contribution is -2.29. The highest BCUT2D eigenvalue weighted by atomic mass is 35.5. The van der Waals surface area contributed by atoms with E-state index in [0.29, 0.717) is 6.54 Å². The van der Waals surface area contributed by atoms with Crippen LogP contribution in [-0.4, -0.2) is 30.3 Å². The second-order valence-corrected chi connectivity index (χ2v) is 5.67. The molecule has 0 saturated carbocycles. The maximum atomic E-state index is 12.4. The Labute approximate surface area is 124 Å². The molecule has 2 nitrogen and oxygen atoms in total. The lowest BCUT2D eigenvalue weighted by Gasteiger charge is -2.16. The minimum atomic E-state index is 0. The molecule has 2 aromatic rings. The molecule has 1 aromatic carbocycles. The first-order chi connectivity index (χ1) is 8.67. The van der Waals surface area contributed by atoms with Crippen molar-refractivity contribution in [3.8, 4) is 0 Å². The fraction of sp³-hybridized carbons (Fsp3) is 0.400. The monoisotopic (exact) mass is 297 g/mol. The van der Waals surface area contributed by atoms with E-state index >= 15 is 0 Å². The fourth-order valence-electron chi connectivity index (χ4n) is 2.24. The van der Waals surface area contributed by atoms with Crippen LogP contribution in [0, 0.1) is 6.92 Å². The molecule has 104 valence electrons. The van der Waals surface area contributed by atoms with Gasteiger partial charge >= 0.3 is 0 Å². The predicted molar refractivity (Wildman–Crippen MR) is 85.9 cm³/mol. The van der Waals surface area contributed by atoms with Gasteiger partial charge in [0, 0.05) is 20.5 Å². The average Bonchev–Trinajstić information content (AvgIpc) is 2.71. The standard InChI is InChI=1S/C15H19NOS.ClH/c1-4-16(5-2)10-13(17)15-11(3)18-14-9-7-6-8-12(14)15;/h6-9H,4-5,10H2,1-3H3;1H. The Morgan fingerprint density at radius 3 is 2.47 bits per heavy atom. The van der Waals surface area contributed by atoms with E-state index in [1.807, 2.05) is 25.1 Å². The van der Waals surface area contributed by atoms with Gasteiger partial charge in [0.25, 0.3) is 0 Å². The molecule has 0 fully saturated rings. The number of likely N-dealkylation sites (N-methyl/N-ethyl adjacent to an activating group) is 1. The number of carbonyl (C=O) groups excluding carboxylic acids is 1. The van der Waals surface area contributed by atoms with E-state index in [2.05, 4.69) is 24.8 Å². The van der Waals surface area contributed by atoms with Gasteiger partial charge in [-0.1, -0.05) is 32.0 Å². The highest BCUT2D eigenvalue weighted by molar-refractivity contribution is 7.19. The summed E-state index contributed by atoms with van der Waals surface area (Å²) < 4.78 is 1.21. The van der Waals surface area contributed by atoms with E-state index in [9.17, 15) is 4.79 Å². The molecule has 0 saturated heterocycles. The van der Waals surface area contributed by atoms with Crippen molar-refractivity contribution in [2.24, 2.45) is 0 Å². The highest BCUT2D eigenvalue weighted by Crippen LogP contribution is 2.30. The van der Waals surface area contributed by atoms with Gasteiger partial charge in [-0.2, -0.15) is 0 Å². The number of hydrogen-bond donors (Lipinski definition) is 0. The molecule has 0 aliphatic rings. The normalized spacial score (nSPS) is 10.7. The highest BCUT2D eigenvalue weighted by Gasteiger charge is 2.17. The lowest BCUT2D eigenvalue weighted by atomic mass is 10.1. The van der Waals surface area contributed by atoms with Crippen LogP contribution in [0.3, 0.4) is 0 Å². The summed E-state index contributed by atoms with van der Waals surface area (Å²) in [5.41, 5.74) is 0.919. The number of fused-ring (bicyclic) bond motifs is 1. The van der Waals surface area contributed by atoms with Crippen molar-refractivity contribution in [3.05, 3.63) is 34.7 Å². The summed E-state index contributed by atoms with van der Waals surface area (Å²) in [6, 6.07) is 8.16. The molecule has 1 heterocycles. The number of nitrogens with zero attached hydrogens (tertiary/aromatic N) is 1. The summed E-state index contributed by atoms with van der Waals surface area (Å²) in [5, 5.41) is 1.11. The second-order valence-electron chi connectivity index (χ2n) is 4.41. The zero-order valence-corrected chi connectivity index (χ0v) is 13.2. The Hall–Kier alpha value is -0.900. The zero-order chi connectivity index (χ0) is 13.1. The molecule has 4 heteroatoms. The maximum Gasteiger partial charge on any atom is 0.178 e. The molecular weight excluding hydrogens is 278 g/mol. The summed E-state index contributed by atoms with van der Waals surface area (Å²) >= 11 is 1.71. The molecular formula is C15H20ClNOS. The quantitative estimate of drug-likeness (QED) is 0.773. The Balaban J connectivity index is 0.00000180. The van der Waals surface area contributed by atoms with Gasteiger partial charge in [0.15, 0.2) is 5.78 Å². The number of Topliss-reactive ketones (excluding diaryl/α,β-unsaturated/α-hetero) is 1. The van der Waals surface area contributed by atoms with Crippen LogP contribution in [0.25, 0.3) is 10.1 Å². The van der Waals surface area contributed by atoms with Gasteiger partial charge < -0.3 is 0 Å². The van der Waals surface area contributed by atoms with Crippen molar-refractivity contribution < 1.29 is 4.79 Å². The van der Waals surface area contributed by atoms with Gasteiger partial charge in [-0.05, 0) is 26.1 Å². The Morgan fingerprint density at radius 2 is 1.84 bits per heavy atom. The smallest absolute Gasteiger partial charge is 0.178 e. The molecule has 0 spiro atoms. The third kappa shape index (κ3) is 3.35. The third-order valence-electron chi connectivity index (χ3n) is 3.31. The van der Waals surface area contributed by atoms with Crippen LogP contribution in [0.1, 0.15) is 29.1 Å². The number of hydrogen-bond acceptors (Lipinski definition) is 3. The molecule has 19 heavy (non-hydrogen) atoms. The SMILES string of the molecule is CCN(CC)CC(=O)c1c(C)sc2ccccc12.Cl. The van der Waals surface area contributed by atoms with Crippen LogP contribution in [-0.2, 0) is 0 Å². The molecule has 0 atom stereocenters. The van der Waals surface area contributed by atoms with E-state index in [-0.39, 0.29) is 18.2 Å². The third-order valence-corrected chi connectivity index (χ3v) is 4.40. The van der Waals surface area contributed by atoms with Crippen molar-refractivity contribution in [1.82, 2.24) is 4.90 Å². The van der Waals surface area contributed by atoms with E-state index < -0.39 is 0 Å². The van der Waals surface area contributed by atoms with Crippen molar-refractivity contribution >= 4 is 39.6 Å². The van der Waals surface area contributed by atoms with E-state index in [4.69, 9.17) is 0 Å². The molecule has 1 aromatic heterocycles. The molecule has 0 amide bonds. The zero-order valence-electron chi connectivity index (χ0n) is 11.6. The topological polar surface area (TPSA) is 20.3 Å². The van der Waals surface area contributed by atoms with Crippen LogP contribution < -0.4 is 0 Å². The number of rotatable bonds is 5. The number of carbonyl (C=O) groups is 1. The van der Waals surface area contributed by atoms with Gasteiger partial charge in [-0.15, -0.1) is 23.7 Å². The molecule has 2 rings (SSSR count). The second kappa shape index (κ2) is 7.04. The molecule has 0 unspecified atom stereocenters. The summed E-state index contributed by atoms with van der Waals surface area (Å²) in [4.78, 5) is 15.7. The number of halogens is 1. The maximum absolute atomic E-state index is 12.4. The molecule has 0 aliphatic carbocycles. The molecule has 0 radical (unpaired) electrons. The van der Waals surface area contributed by atoms with Crippen LogP contribution in [0.5, 0.6) is 0 Å². The van der Waals surface area contributed by atoms with E-state index in [1.54, 1.807) is 11.3 Å². The lowest BCUT2D eigenvalue weighted by molar-refractivity contribution is 0.0939. The average molecular weight is 298 g/mol. The molecule has 0 N–H and O–H groups in total. The van der Waals surface area contributed by atoms with Gasteiger partial charge in [0.2, 0.25) is 0 Å². The minimum absolute atomic E-state index is 0. The minimum Gasteiger partial charge on any atom is -0.296 e. The number of ketones is 1. The number of aryl methyl sites for hydroxylation is 1. The summed E-state index contributed by atoms with van der Waals surface area (Å²) in [6.07, 6.45) is 0. The van der Waals surface area contributed by atoms with Gasteiger partial charge in [-0.3, -0.25) is 9.69 Å².